The second-order valence-corrected chi connectivity index (χ2v) is 11.3. The second kappa shape index (κ2) is 10.7. The Labute approximate surface area is 199 Å². The topological polar surface area (TPSA) is 77.6 Å². The van der Waals surface area contributed by atoms with Gasteiger partial charge in [-0.25, -0.2) is 23.6 Å². The van der Waals surface area contributed by atoms with E-state index in [0.717, 1.165) is 32.1 Å². The van der Waals surface area contributed by atoms with Gasteiger partial charge in [-0.05, 0) is 64.2 Å². The van der Waals surface area contributed by atoms with E-state index in [9.17, 15) is 18.0 Å². The van der Waals surface area contributed by atoms with E-state index in [1.807, 2.05) is 0 Å². The number of rotatable bonds is 4. The van der Waals surface area contributed by atoms with Crippen LogP contribution in [-0.2, 0) is 4.79 Å². The van der Waals surface area contributed by atoms with Crippen molar-refractivity contribution in [3.63, 3.8) is 0 Å². The first-order valence-electron chi connectivity index (χ1n) is 12.4. The molecule has 8 unspecified atom stereocenters. The molecule has 4 aliphatic rings. The minimum atomic E-state index is -1.60. The molecule has 188 valence electrons. The normalized spacial score (nSPS) is 41.7. The van der Waals surface area contributed by atoms with Crippen molar-refractivity contribution in [2.75, 3.05) is 0 Å². The molecule has 10 heteroatoms. The van der Waals surface area contributed by atoms with Gasteiger partial charge in [-0.2, -0.15) is 0 Å². The predicted octanol–water partition coefficient (Wildman–Crippen LogP) is 3.80. The fourth-order valence-electron chi connectivity index (χ4n) is 5.86. The summed E-state index contributed by atoms with van der Waals surface area (Å²) >= 11 is 6.24. The number of halogens is 4. The van der Waals surface area contributed by atoms with E-state index in [2.05, 4.69) is 28.4 Å². The zero-order chi connectivity index (χ0) is 23.6. The van der Waals surface area contributed by atoms with Crippen LogP contribution in [0.2, 0.25) is 0 Å². The van der Waals surface area contributed by atoms with E-state index in [-0.39, 0.29) is 47.8 Å². The summed E-state index contributed by atoms with van der Waals surface area (Å²) in [5, 5.41) is 6.14. The highest BCUT2D eigenvalue weighted by molar-refractivity contribution is 6.20. The van der Waals surface area contributed by atoms with Gasteiger partial charge in [-0.3, -0.25) is 15.5 Å². The molecule has 0 radical (unpaired) electrons. The fourth-order valence-corrected chi connectivity index (χ4v) is 6.28. The summed E-state index contributed by atoms with van der Waals surface area (Å²) in [7, 11) is 0. The lowest BCUT2D eigenvalue weighted by Gasteiger charge is -2.31. The van der Waals surface area contributed by atoms with Crippen molar-refractivity contribution < 1.29 is 18.0 Å². The van der Waals surface area contributed by atoms with Crippen LogP contribution >= 0.6 is 11.6 Å². The molecular formula is C23H37ClF3N5O. The van der Waals surface area contributed by atoms with Gasteiger partial charge in [0.15, 0.2) is 5.96 Å². The van der Waals surface area contributed by atoms with Crippen LogP contribution < -0.4 is 21.5 Å². The van der Waals surface area contributed by atoms with Crippen LogP contribution in [0.5, 0.6) is 0 Å². The number of guanidine groups is 1. The van der Waals surface area contributed by atoms with Gasteiger partial charge in [0.25, 0.3) is 0 Å². The fraction of sp³-hybridized carbons (Fsp3) is 0.913. The number of carbonyl (C=O) groups is 1. The monoisotopic (exact) mass is 491 g/mol. The van der Waals surface area contributed by atoms with E-state index >= 15 is 0 Å². The average Bonchev–Trinajstić information content (AvgIpc) is 3.38. The van der Waals surface area contributed by atoms with Gasteiger partial charge in [0.2, 0.25) is 5.91 Å². The zero-order valence-corrected chi connectivity index (χ0v) is 20.0. The summed E-state index contributed by atoms with van der Waals surface area (Å²) < 4.78 is 41.4. The average molecular weight is 492 g/mol. The maximum Gasteiger partial charge on any atom is 0.229 e. The molecule has 4 rings (SSSR count). The van der Waals surface area contributed by atoms with Crippen molar-refractivity contribution in [2.24, 2.45) is 16.8 Å². The Kier molecular flexibility index (Phi) is 8.11. The molecule has 0 aromatic rings. The van der Waals surface area contributed by atoms with Crippen LogP contribution in [0, 0.1) is 11.8 Å². The van der Waals surface area contributed by atoms with Crippen molar-refractivity contribution in [3.8, 4) is 0 Å². The molecule has 6 nitrogen and oxygen atoms in total. The number of nitrogens with one attached hydrogen (secondary N) is 4. The van der Waals surface area contributed by atoms with E-state index in [4.69, 9.17) is 16.6 Å². The number of alkyl halides is 4. The molecule has 0 aromatic heterocycles. The molecule has 1 aliphatic heterocycles. The van der Waals surface area contributed by atoms with E-state index in [1.54, 1.807) is 0 Å². The summed E-state index contributed by atoms with van der Waals surface area (Å²) in [4.78, 5) is 17.6. The lowest BCUT2D eigenvalue weighted by Crippen LogP contribution is -2.53. The van der Waals surface area contributed by atoms with Crippen LogP contribution in [0.3, 0.4) is 0 Å². The van der Waals surface area contributed by atoms with Gasteiger partial charge in [0, 0.05) is 29.3 Å². The summed E-state index contributed by atoms with van der Waals surface area (Å²) in [6, 6.07) is 0.0460. The molecule has 33 heavy (non-hydrogen) atoms. The number of aliphatic imine (C=N–C) groups is 1. The maximum absolute atomic E-state index is 14.0. The standard InChI is InChI=1S/C23H37ClF3N5O/c1-23(6-2-3-7-23)30-22(29-21(33)13-4-5-17(26)18(27)10-13)28-20-12-19(31-32-20)14-8-15(24)11-16(25)9-14/h13-20,31-32H,2-12H2,1H3,(H2,28,29,30,33). The molecule has 0 spiro atoms. The SMILES string of the molecule is CC1(N/C(=N\C2CC(C3CC(F)CC(Cl)C3)NN2)NC(=O)C2CCC(F)C(F)C2)CCCC1. The quantitative estimate of drug-likeness (QED) is 0.274. The Morgan fingerprint density at radius 2 is 1.76 bits per heavy atom. The van der Waals surface area contributed by atoms with Crippen molar-refractivity contribution in [2.45, 2.75) is 119 Å². The minimum Gasteiger partial charge on any atom is -0.351 e. The van der Waals surface area contributed by atoms with E-state index < -0.39 is 24.4 Å². The van der Waals surface area contributed by atoms with Gasteiger partial charge in [-0.15, -0.1) is 11.6 Å². The molecule has 1 saturated heterocycles. The third-order valence-electron chi connectivity index (χ3n) is 7.83. The van der Waals surface area contributed by atoms with Gasteiger partial charge >= 0.3 is 0 Å². The van der Waals surface area contributed by atoms with Crippen molar-refractivity contribution in [3.05, 3.63) is 0 Å². The Hall–Kier alpha value is -1.06. The lowest BCUT2D eigenvalue weighted by atomic mass is 9.82. The van der Waals surface area contributed by atoms with Crippen molar-refractivity contribution in [1.82, 2.24) is 21.5 Å². The zero-order valence-electron chi connectivity index (χ0n) is 19.3. The van der Waals surface area contributed by atoms with Gasteiger partial charge in [-0.1, -0.05) is 12.8 Å². The van der Waals surface area contributed by atoms with Crippen LogP contribution in [0.1, 0.15) is 77.6 Å². The largest absolute Gasteiger partial charge is 0.351 e. The van der Waals surface area contributed by atoms with Gasteiger partial charge in [0.05, 0.1) is 0 Å². The summed E-state index contributed by atoms with van der Waals surface area (Å²) in [6.07, 6.45) is 2.47. The highest BCUT2D eigenvalue weighted by atomic mass is 35.5. The minimum absolute atomic E-state index is 0.0460. The summed E-state index contributed by atoms with van der Waals surface area (Å²) in [5.41, 5.74) is 6.23. The second-order valence-electron chi connectivity index (χ2n) is 10.7. The Morgan fingerprint density at radius 1 is 1.00 bits per heavy atom. The van der Waals surface area contributed by atoms with Crippen LogP contribution in [0.4, 0.5) is 13.2 Å². The van der Waals surface area contributed by atoms with Crippen molar-refractivity contribution in [1.29, 1.82) is 0 Å². The number of amides is 1. The highest BCUT2D eigenvalue weighted by Gasteiger charge is 2.38. The van der Waals surface area contributed by atoms with E-state index in [1.165, 1.54) is 0 Å². The molecule has 1 heterocycles. The van der Waals surface area contributed by atoms with E-state index in [0.29, 0.717) is 31.6 Å². The van der Waals surface area contributed by atoms with Crippen LogP contribution in [0.25, 0.3) is 0 Å². The smallest absolute Gasteiger partial charge is 0.229 e. The van der Waals surface area contributed by atoms with Crippen LogP contribution in [0.15, 0.2) is 4.99 Å². The molecule has 0 aromatic carbocycles. The summed E-state index contributed by atoms with van der Waals surface area (Å²) in [5.74, 6) is -0.399. The molecule has 4 fully saturated rings. The van der Waals surface area contributed by atoms with Gasteiger partial charge < -0.3 is 5.32 Å². The Balaban J connectivity index is 1.41. The number of nitrogens with zero attached hydrogens (tertiary/aromatic N) is 1. The molecular weight excluding hydrogens is 455 g/mol. The van der Waals surface area contributed by atoms with Gasteiger partial charge in [0.1, 0.15) is 24.7 Å². The number of hydrogen-bond donors (Lipinski definition) is 4. The Morgan fingerprint density at radius 3 is 2.45 bits per heavy atom. The maximum atomic E-state index is 14.0. The van der Waals surface area contributed by atoms with Crippen LogP contribution in [-0.4, -0.2) is 53.5 Å². The van der Waals surface area contributed by atoms with Crippen molar-refractivity contribution >= 4 is 23.5 Å². The number of hydrogen-bond acceptors (Lipinski definition) is 4. The molecule has 1 amide bonds. The molecule has 4 N–H and O–H groups in total. The molecule has 0 bridgehead atoms. The predicted molar refractivity (Wildman–Crippen MR) is 123 cm³/mol. The third-order valence-corrected chi connectivity index (χ3v) is 8.18. The number of carbonyl (C=O) groups excluding carboxylic acids is 1. The molecule has 3 aliphatic carbocycles. The summed E-state index contributed by atoms with van der Waals surface area (Å²) in [6.45, 7) is 2.11. The first-order valence-corrected chi connectivity index (χ1v) is 12.9. The number of hydrazine groups is 1. The highest BCUT2D eigenvalue weighted by Crippen LogP contribution is 2.35. The molecule has 3 saturated carbocycles. The lowest BCUT2D eigenvalue weighted by molar-refractivity contribution is -0.125. The first kappa shape index (κ1) is 25.0. The first-order chi connectivity index (χ1) is 15.7. The third kappa shape index (κ3) is 6.54. The molecule has 8 atom stereocenters. The Bertz CT molecular complexity index is 712.